The Labute approximate surface area is 202 Å². The summed E-state index contributed by atoms with van der Waals surface area (Å²) in [6.45, 7) is 2.16. The third-order valence-electron chi connectivity index (χ3n) is 6.35. The molecule has 8 heteroatoms. The number of rotatable bonds is 7. The monoisotopic (exact) mass is 468 g/mol. The fourth-order valence-corrected chi connectivity index (χ4v) is 4.62. The SMILES string of the molecule is Fc1cccc(Cn2ncc3cc(Nc4ncnc5cccc(OC[C@H]6CCCN6)c45)ccc32)c1. The summed E-state index contributed by atoms with van der Waals surface area (Å²) in [5.74, 6) is 1.21. The van der Waals surface area contributed by atoms with Crippen LogP contribution in [0, 0.1) is 5.82 Å². The van der Waals surface area contributed by atoms with E-state index >= 15 is 0 Å². The molecule has 2 aromatic heterocycles. The molecule has 0 saturated carbocycles. The van der Waals surface area contributed by atoms with Crippen LogP contribution in [0.3, 0.4) is 0 Å². The molecule has 1 aliphatic rings. The molecule has 0 unspecified atom stereocenters. The molecule has 0 radical (unpaired) electrons. The van der Waals surface area contributed by atoms with Crippen molar-refractivity contribution in [2.45, 2.75) is 25.4 Å². The van der Waals surface area contributed by atoms with Crippen molar-refractivity contribution in [2.24, 2.45) is 0 Å². The van der Waals surface area contributed by atoms with Crippen LogP contribution in [0.1, 0.15) is 18.4 Å². The smallest absolute Gasteiger partial charge is 0.145 e. The Kier molecular flexibility index (Phi) is 5.71. The van der Waals surface area contributed by atoms with Crippen LogP contribution in [0.25, 0.3) is 21.8 Å². The van der Waals surface area contributed by atoms with E-state index in [1.54, 1.807) is 12.4 Å². The fraction of sp³-hybridized carbons (Fsp3) is 0.222. The molecule has 0 amide bonds. The van der Waals surface area contributed by atoms with Crippen LogP contribution in [0.15, 0.2) is 73.2 Å². The fourth-order valence-electron chi connectivity index (χ4n) is 4.62. The zero-order chi connectivity index (χ0) is 23.6. The van der Waals surface area contributed by atoms with Crippen molar-refractivity contribution in [2.75, 3.05) is 18.5 Å². The van der Waals surface area contributed by atoms with Gasteiger partial charge in [-0.15, -0.1) is 0 Å². The van der Waals surface area contributed by atoms with Gasteiger partial charge in [0.25, 0.3) is 0 Å². The summed E-state index contributed by atoms with van der Waals surface area (Å²) in [6.07, 6.45) is 5.68. The van der Waals surface area contributed by atoms with Gasteiger partial charge < -0.3 is 15.4 Å². The zero-order valence-electron chi connectivity index (χ0n) is 19.1. The number of hydrogen-bond donors (Lipinski definition) is 2. The summed E-state index contributed by atoms with van der Waals surface area (Å²) in [6, 6.07) is 18.9. The molecule has 2 N–H and O–H groups in total. The van der Waals surface area contributed by atoms with E-state index in [0.717, 1.165) is 51.8 Å². The van der Waals surface area contributed by atoms with E-state index in [9.17, 15) is 4.39 Å². The first-order valence-corrected chi connectivity index (χ1v) is 11.8. The molecule has 0 aliphatic carbocycles. The number of fused-ring (bicyclic) bond motifs is 2. The van der Waals surface area contributed by atoms with Crippen LogP contribution in [-0.4, -0.2) is 38.9 Å². The maximum atomic E-state index is 13.6. The molecule has 0 spiro atoms. The Bertz CT molecular complexity index is 1490. The van der Waals surface area contributed by atoms with Crippen LogP contribution in [0.5, 0.6) is 5.75 Å². The van der Waals surface area contributed by atoms with Gasteiger partial charge in [0, 0.05) is 17.1 Å². The van der Waals surface area contributed by atoms with Crippen LogP contribution >= 0.6 is 0 Å². The van der Waals surface area contributed by atoms with E-state index in [0.29, 0.717) is 25.0 Å². The number of nitrogens with one attached hydrogen (secondary N) is 2. The minimum absolute atomic E-state index is 0.245. The van der Waals surface area contributed by atoms with Gasteiger partial charge in [-0.05, 0) is 67.4 Å². The second-order valence-corrected chi connectivity index (χ2v) is 8.81. The zero-order valence-corrected chi connectivity index (χ0v) is 19.1. The number of halogens is 1. The molecule has 3 aromatic carbocycles. The topological polar surface area (TPSA) is 76.9 Å². The van der Waals surface area contributed by atoms with Crippen LogP contribution in [-0.2, 0) is 6.54 Å². The van der Waals surface area contributed by atoms with Crippen molar-refractivity contribution in [3.8, 4) is 5.75 Å². The van der Waals surface area contributed by atoms with Crippen LogP contribution < -0.4 is 15.4 Å². The van der Waals surface area contributed by atoms with Crippen molar-refractivity contribution in [3.63, 3.8) is 0 Å². The highest BCUT2D eigenvalue weighted by Crippen LogP contribution is 2.32. The average Bonchev–Trinajstić information content (AvgIpc) is 3.53. The lowest BCUT2D eigenvalue weighted by Crippen LogP contribution is -2.28. The highest BCUT2D eigenvalue weighted by molar-refractivity contribution is 5.96. The molecule has 1 aliphatic heterocycles. The van der Waals surface area contributed by atoms with Crippen molar-refractivity contribution in [3.05, 3.63) is 84.6 Å². The molecular formula is C27H25FN6O. The molecule has 1 saturated heterocycles. The van der Waals surface area contributed by atoms with Crippen LogP contribution in [0.4, 0.5) is 15.9 Å². The second-order valence-electron chi connectivity index (χ2n) is 8.81. The molecule has 7 nitrogen and oxygen atoms in total. The summed E-state index contributed by atoms with van der Waals surface area (Å²) >= 11 is 0. The Morgan fingerprint density at radius 3 is 2.91 bits per heavy atom. The third-order valence-corrected chi connectivity index (χ3v) is 6.35. The highest BCUT2D eigenvalue weighted by atomic mass is 19.1. The summed E-state index contributed by atoms with van der Waals surface area (Å²) in [5.41, 5.74) is 3.55. The standard InChI is InChI=1S/C27H25FN6O/c28-20-5-1-4-18(12-20)15-34-24-10-9-21(13-19(24)14-32-34)33-27-26-23(30-17-31-27)7-2-8-25(26)35-16-22-6-3-11-29-22/h1-2,4-5,7-10,12-14,17,22,29H,3,6,11,15-16H2,(H,30,31,33)/t22-/m1/s1. The molecule has 1 atom stereocenters. The van der Waals surface area contributed by atoms with Gasteiger partial charge in [0.2, 0.25) is 0 Å². The predicted octanol–water partition coefficient (Wildman–Crippen LogP) is 5.04. The average molecular weight is 469 g/mol. The number of hydrogen-bond acceptors (Lipinski definition) is 6. The number of aromatic nitrogens is 4. The number of nitrogens with zero attached hydrogens (tertiary/aromatic N) is 4. The van der Waals surface area contributed by atoms with Gasteiger partial charge in [0.15, 0.2) is 0 Å². The van der Waals surface area contributed by atoms with Crippen molar-refractivity contribution >= 4 is 33.3 Å². The summed E-state index contributed by atoms with van der Waals surface area (Å²) in [5, 5.41) is 13.3. The lowest BCUT2D eigenvalue weighted by atomic mass is 10.2. The Morgan fingerprint density at radius 1 is 1.09 bits per heavy atom. The maximum absolute atomic E-state index is 13.6. The Morgan fingerprint density at radius 2 is 2.03 bits per heavy atom. The quantitative estimate of drug-likeness (QED) is 0.349. The first-order valence-electron chi connectivity index (χ1n) is 11.8. The summed E-state index contributed by atoms with van der Waals surface area (Å²) in [4.78, 5) is 8.95. The first kappa shape index (κ1) is 21.5. The number of anilines is 2. The van der Waals surface area contributed by atoms with Gasteiger partial charge in [-0.25, -0.2) is 14.4 Å². The first-order chi connectivity index (χ1) is 17.2. The van der Waals surface area contributed by atoms with E-state index in [2.05, 4.69) is 25.7 Å². The van der Waals surface area contributed by atoms with Gasteiger partial charge in [-0.2, -0.15) is 5.10 Å². The van der Waals surface area contributed by atoms with Crippen molar-refractivity contribution < 1.29 is 9.13 Å². The minimum Gasteiger partial charge on any atom is -0.491 e. The van der Waals surface area contributed by atoms with E-state index in [-0.39, 0.29) is 5.82 Å². The lowest BCUT2D eigenvalue weighted by molar-refractivity contribution is 0.280. The number of ether oxygens (including phenoxy) is 1. The van der Waals surface area contributed by atoms with E-state index in [1.165, 1.54) is 18.6 Å². The predicted molar refractivity (Wildman–Crippen MR) is 135 cm³/mol. The van der Waals surface area contributed by atoms with Gasteiger partial charge in [0.05, 0.1) is 29.2 Å². The molecule has 0 bridgehead atoms. The Balaban J connectivity index is 1.27. The highest BCUT2D eigenvalue weighted by Gasteiger charge is 2.17. The van der Waals surface area contributed by atoms with Gasteiger partial charge in [0.1, 0.15) is 30.3 Å². The molecule has 3 heterocycles. The molecule has 5 aromatic rings. The molecule has 35 heavy (non-hydrogen) atoms. The molecular weight excluding hydrogens is 443 g/mol. The normalized spacial score (nSPS) is 15.6. The minimum atomic E-state index is -0.245. The Hall–Kier alpha value is -4.04. The second kappa shape index (κ2) is 9.31. The third kappa shape index (κ3) is 4.52. The summed E-state index contributed by atoms with van der Waals surface area (Å²) in [7, 11) is 0. The van der Waals surface area contributed by atoms with Gasteiger partial charge in [-0.1, -0.05) is 18.2 Å². The largest absolute Gasteiger partial charge is 0.491 e. The maximum Gasteiger partial charge on any atom is 0.145 e. The molecule has 176 valence electrons. The van der Waals surface area contributed by atoms with Crippen LogP contribution in [0.2, 0.25) is 0 Å². The summed E-state index contributed by atoms with van der Waals surface area (Å²) < 4.78 is 21.6. The molecule has 1 fully saturated rings. The van der Waals surface area contributed by atoms with E-state index < -0.39 is 0 Å². The number of benzene rings is 3. The lowest BCUT2D eigenvalue weighted by Gasteiger charge is -2.15. The van der Waals surface area contributed by atoms with E-state index in [4.69, 9.17) is 4.74 Å². The van der Waals surface area contributed by atoms with E-state index in [1.807, 2.05) is 53.3 Å². The molecule has 6 rings (SSSR count). The van der Waals surface area contributed by atoms with Crippen molar-refractivity contribution in [1.82, 2.24) is 25.1 Å². The van der Waals surface area contributed by atoms with Gasteiger partial charge in [-0.3, -0.25) is 4.68 Å². The van der Waals surface area contributed by atoms with Gasteiger partial charge >= 0.3 is 0 Å². The van der Waals surface area contributed by atoms with Crippen molar-refractivity contribution in [1.29, 1.82) is 0 Å².